The number of hydrogen-bond donors (Lipinski definition) is 2. The molecule has 4 rings (SSSR count). The van der Waals surface area contributed by atoms with Crippen LogP contribution in [0.3, 0.4) is 0 Å². The predicted molar refractivity (Wildman–Crippen MR) is 121 cm³/mol. The van der Waals surface area contributed by atoms with E-state index in [0.717, 1.165) is 49.9 Å². The molecule has 0 radical (unpaired) electrons. The minimum absolute atomic E-state index is 0.0884. The molecule has 0 saturated carbocycles. The Hall–Kier alpha value is -2.87. The first kappa shape index (κ1) is 20.4. The van der Waals surface area contributed by atoms with E-state index < -0.39 is 0 Å². The van der Waals surface area contributed by atoms with Gasteiger partial charge in [0.15, 0.2) is 11.5 Å². The molecule has 3 N–H and O–H groups in total. The second-order valence-electron chi connectivity index (χ2n) is 8.07. The van der Waals surface area contributed by atoms with Crippen molar-refractivity contribution in [1.82, 2.24) is 15.3 Å². The number of hydrogen-bond acceptors (Lipinski definition) is 8. The molecule has 1 fully saturated rings. The maximum absolute atomic E-state index is 6.30. The summed E-state index contributed by atoms with van der Waals surface area (Å²) in [6.07, 6.45) is 8.74. The van der Waals surface area contributed by atoms with Crippen molar-refractivity contribution in [1.29, 1.82) is 0 Å². The SMILES string of the molecule is COc1cc2nc(N(C)CC3(C4C=CCN=C4)CCNCC3)nc(N)c2cc1OC. The van der Waals surface area contributed by atoms with Gasteiger partial charge in [0.2, 0.25) is 5.95 Å². The van der Waals surface area contributed by atoms with Gasteiger partial charge in [0.05, 0.1) is 26.3 Å². The first-order valence-corrected chi connectivity index (χ1v) is 10.3. The van der Waals surface area contributed by atoms with Gasteiger partial charge < -0.3 is 25.4 Å². The van der Waals surface area contributed by atoms with Crippen molar-refractivity contribution in [2.24, 2.45) is 16.3 Å². The molecule has 0 spiro atoms. The maximum Gasteiger partial charge on any atom is 0.227 e. The van der Waals surface area contributed by atoms with Gasteiger partial charge in [-0.05, 0) is 32.0 Å². The minimum atomic E-state index is 0.0884. The maximum atomic E-state index is 6.30. The second-order valence-corrected chi connectivity index (χ2v) is 8.07. The highest BCUT2D eigenvalue weighted by molar-refractivity contribution is 5.91. The lowest BCUT2D eigenvalue weighted by molar-refractivity contribution is 0.180. The van der Waals surface area contributed by atoms with E-state index in [1.165, 1.54) is 0 Å². The number of nitrogens with zero attached hydrogens (tertiary/aromatic N) is 4. The van der Waals surface area contributed by atoms with Crippen molar-refractivity contribution < 1.29 is 9.47 Å². The topological polar surface area (TPSA) is 97.9 Å². The smallest absolute Gasteiger partial charge is 0.227 e. The van der Waals surface area contributed by atoms with Crippen LogP contribution in [-0.4, -0.2) is 63.6 Å². The molecule has 1 atom stereocenters. The third kappa shape index (κ3) is 3.79. The fourth-order valence-electron chi connectivity index (χ4n) is 4.56. The summed E-state index contributed by atoms with van der Waals surface area (Å²) in [6.45, 7) is 3.61. The molecule has 1 unspecified atom stereocenters. The largest absolute Gasteiger partial charge is 0.493 e. The average molecular weight is 411 g/mol. The normalized spacial score (nSPS) is 20.3. The summed E-state index contributed by atoms with van der Waals surface area (Å²) < 4.78 is 10.8. The van der Waals surface area contributed by atoms with Crippen molar-refractivity contribution in [3.05, 3.63) is 24.3 Å². The summed E-state index contributed by atoms with van der Waals surface area (Å²) in [5, 5.41) is 4.24. The Morgan fingerprint density at radius 2 is 1.90 bits per heavy atom. The van der Waals surface area contributed by atoms with Gasteiger partial charge in [0.25, 0.3) is 0 Å². The summed E-state index contributed by atoms with van der Waals surface area (Å²) >= 11 is 0. The molecule has 3 heterocycles. The van der Waals surface area contributed by atoms with Gasteiger partial charge in [-0.1, -0.05) is 12.2 Å². The number of aliphatic imine (C=N–C) groups is 1. The fourth-order valence-corrected chi connectivity index (χ4v) is 4.56. The monoisotopic (exact) mass is 410 g/mol. The molecular formula is C22H30N6O2. The number of anilines is 2. The lowest BCUT2D eigenvalue weighted by Gasteiger charge is -2.44. The van der Waals surface area contributed by atoms with Gasteiger partial charge in [0, 0.05) is 42.6 Å². The lowest BCUT2D eigenvalue weighted by Crippen LogP contribution is -2.49. The average Bonchev–Trinajstić information content (AvgIpc) is 2.79. The first-order valence-electron chi connectivity index (χ1n) is 10.3. The van der Waals surface area contributed by atoms with E-state index in [0.29, 0.717) is 29.2 Å². The third-order valence-corrected chi connectivity index (χ3v) is 6.24. The molecule has 1 aromatic heterocycles. The number of piperidine rings is 1. The quantitative estimate of drug-likeness (QED) is 0.705. The van der Waals surface area contributed by atoms with Gasteiger partial charge in [-0.2, -0.15) is 4.98 Å². The molecule has 1 saturated heterocycles. The molecule has 0 bridgehead atoms. The number of ether oxygens (including phenoxy) is 2. The van der Waals surface area contributed by atoms with E-state index in [2.05, 4.69) is 38.6 Å². The molecule has 0 aliphatic carbocycles. The Kier molecular flexibility index (Phi) is 5.76. The van der Waals surface area contributed by atoms with Crippen LogP contribution in [0.4, 0.5) is 11.8 Å². The predicted octanol–water partition coefficient (Wildman–Crippen LogP) is 2.29. The number of benzene rings is 1. The van der Waals surface area contributed by atoms with E-state index in [9.17, 15) is 0 Å². The third-order valence-electron chi connectivity index (χ3n) is 6.24. The molecule has 160 valence electrons. The van der Waals surface area contributed by atoms with Crippen LogP contribution in [0.25, 0.3) is 10.9 Å². The minimum Gasteiger partial charge on any atom is -0.493 e. The van der Waals surface area contributed by atoms with Crippen LogP contribution in [0.1, 0.15) is 12.8 Å². The molecule has 8 nitrogen and oxygen atoms in total. The van der Waals surface area contributed by atoms with Crippen molar-refractivity contribution >= 4 is 28.9 Å². The van der Waals surface area contributed by atoms with E-state index >= 15 is 0 Å². The van der Waals surface area contributed by atoms with Crippen LogP contribution in [0.2, 0.25) is 0 Å². The summed E-state index contributed by atoms with van der Waals surface area (Å²) in [6, 6.07) is 3.67. The van der Waals surface area contributed by atoms with E-state index in [-0.39, 0.29) is 5.41 Å². The summed E-state index contributed by atoms with van der Waals surface area (Å²) in [5.41, 5.74) is 7.13. The van der Waals surface area contributed by atoms with Crippen molar-refractivity contribution in [2.75, 3.05) is 58.1 Å². The second kappa shape index (κ2) is 8.47. The fraction of sp³-hybridized carbons (Fsp3) is 0.500. The van der Waals surface area contributed by atoms with Gasteiger partial charge in [-0.25, -0.2) is 4.98 Å². The number of fused-ring (bicyclic) bond motifs is 1. The molecule has 0 amide bonds. The highest BCUT2D eigenvalue weighted by Crippen LogP contribution is 2.40. The Bertz CT molecular complexity index is 956. The number of nitrogen functional groups attached to an aromatic ring is 1. The molecular weight excluding hydrogens is 380 g/mol. The van der Waals surface area contributed by atoms with Crippen LogP contribution in [0.15, 0.2) is 29.3 Å². The van der Waals surface area contributed by atoms with Gasteiger partial charge in [0.1, 0.15) is 5.82 Å². The van der Waals surface area contributed by atoms with Crippen LogP contribution in [0.5, 0.6) is 11.5 Å². The van der Waals surface area contributed by atoms with Crippen molar-refractivity contribution in [2.45, 2.75) is 12.8 Å². The number of methoxy groups -OCH3 is 2. The molecule has 1 aromatic carbocycles. The molecule has 2 aliphatic heterocycles. The van der Waals surface area contributed by atoms with Crippen LogP contribution >= 0.6 is 0 Å². The highest BCUT2D eigenvalue weighted by atomic mass is 16.5. The lowest BCUT2D eigenvalue weighted by atomic mass is 9.68. The highest BCUT2D eigenvalue weighted by Gasteiger charge is 2.39. The van der Waals surface area contributed by atoms with Crippen LogP contribution in [-0.2, 0) is 0 Å². The Balaban J connectivity index is 1.67. The molecule has 30 heavy (non-hydrogen) atoms. The Morgan fingerprint density at radius 3 is 2.57 bits per heavy atom. The van der Waals surface area contributed by atoms with Gasteiger partial charge in [-0.3, -0.25) is 4.99 Å². The number of dihydropyridines is 1. The summed E-state index contributed by atoms with van der Waals surface area (Å²) in [5.74, 6) is 2.59. The molecule has 2 aromatic rings. The van der Waals surface area contributed by atoms with E-state index in [4.69, 9.17) is 20.2 Å². The summed E-state index contributed by atoms with van der Waals surface area (Å²) in [4.78, 5) is 16.0. The number of nitrogens with one attached hydrogen (secondary N) is 1. The standard InChI is InChI=1S/C22H30N6O2/c1-28(14-22(6-9-24-10-7-22)15-5-4-8-25-13-15)21-26-17-12-19(30-3)18(29-2)11-16(17)20(23)27-21/h4-5,11-13,15,24H,6-10,14H2,1-3H3,(H2,23,26,27). The number of aromatic nitrogens is 2. The molecule has 2 aliphatic rings. The van der Waals surface area contributed by atoms with E-state index in [1.54, 1.807) is 14.2 Å². The molecule has 8 heteroatoms. The number of nitrogens with two attached hydrogens (primary N) is 1. The van der Waals surface area contributed by atoms with E-state index in [1.807, 2.05) is 19.2 Å². The van der Waals surface area contributed by atoms with Crippen molar-refractivity contribution in [3.63, 3.8) is 0 Å². The number of rotatable bonds is 6. The summed E-state index contributed by atoms with van der Waals surface area (Å²) in [7, 11) is 5.25. The zero-order valence-corrected chi connectivity index (χ0v) is 17.9. The van der Waals surface area contributed by atoms with Crippen LogP contribution < -0.4 is 25.4 Å². The zero-order valence-electron chi connectivity index (χ0n) is 17.9. The van der Waals surface area contributed by atoms with Gasteiger partial charge in [-0.15, -0.1) is 0 Å². The Labute approximate surface area is 177 Å². The number of allylic oxidation sites excluding steroid dienone is 1. The Morgan fingerprint density at radius 1 is 1.17 bits per heavy atom. The van der Waals surface area contributed by atoms with Crippen molar-refractivity contribution in [3.8, 4) is 11.5 Å². The zero-order chi connectivity index (χ0) is 21.1. The first-order chi connectivity index (χ1) is 14.6. The van der Waals surface area contributed by atoms with Crippen LogP contribution in [0, 0.1) is 11.3 Å². The van der Waals surface area contributed by atoms with Gasteiger partial charge >= 0.3 is 0 Å².